The summed E-state index contributed by atoms with van der Waals surface area (Å²) in [4.78, 5) is 13.1. The van der Waals surface area contributed by atoms with Gasteiger partial charge in [-0.15, -0.1) is 16.8 Å². The second-order valence-corrected chi connectivity index (χ2v) is 10.9. The molecule has 10 heteroatoms. The van der Waals surface area contributed by atoms with Crippen LogP contribution in [0.2, 0.25) is 5.02 Å². The number of aromatic nitrogens is 3. The molecule has 1 aromatic heterocycles. The van der Waals surface area contributed by atoms with Gasteiger partial charge in [-0.2, -0.15) is 0 Å². The van der Waals surface area contributed by atoms with Crippen LogP contribution in [0.4, 0.5) is 5.69 Å². The van der Waals surface area contributed by atoms with Crippen molar-refractivity contribution in [3.8, 4) is 0 Å². The highest BCUT2D eigenvalue weighted by molar-refractivity contribution is 8.00. The van der Waals surface area contributed by atoms with E-state index in [-0.39, 0.29) is 16.6 Å². The summed E-state index contributed by atoms with van der Waals surface area (Å²) < 4.78 is 27.3. The monoisotopic (exact) mass is 504 g/mol. The number of thioether (sulfide) groups is 1. The number of carbonyl (C=O) groups is 1. The average molecular weight is 505 g/mol. The average Bonchev–Trinajstić information content (AvgIpc) is 3.15. The number of hydrogen-bond donors (Lipinski definition) is 1. The molecule has 2 aromatic carbocycles. The first-order chi connectivity index (χ1) is 15.7. The van der Waals surface area contributed by atoms with E-state index in [0.717, 1.165) is 5.56 Å². The normalized spacial score (nSPS) is 12.3. The van der Waals surface area contributed by atoms with E-state index < -0.39 is 15.1 Å². The van der Waals surface area contributed by atoms with Crippen molar-refractivity contribution in [2.24, 2.45) is 0 Å². The van der Waals surface area contributed by atoms with Gasteiger partial charge >= 0.3 is 0 Å². The number of anilines is 1. The summed E-state index contributed by atoms with van der Waals surface area (Å²) >= 11 is 7.39. The molecule has 0 saturated heterocycles. The molecule has 1 unspecified atom stereocenters. The van der Waals surface area contributed by atoms with E-state index >= 15 is 0 Å². The molecule has 0 spiro atoms. The Morgan fingerprint density at radius 3 is 2.61 bits per heavy atom. The van der Waals surface area contributed by atoms with Crippen LogP contribution in [0.3, 0.4) is 0 Å². The van der Waals surface area contributed by atoms with Crippen LogP contribution in [0.15, 0.2) is 71.2 Å². The molecule has 0 bridgehead atoms. The molecule has 7 nitrogen and oxygen atoms in total. The standard InChI is InChI=1S/C23H25ClN4O3S2/c1-4-13-28-21(15-33(30,31)18-9-7-6-8-10-18)26-27-23(28)32-20(5-2)22(29)25-17-12-11-16(3)19(24)14-17/h4,6-12,14,20H,1,5,13,15H2,2-3H3,(H,25,29). The SMILES string of the molecule is C=CCn1c(CS(=O)(=O)c2ccccc2)nnc1SC(CC)C(=O)Nc1ccc(C)c(Cl)c1. The Balaban J connectivity index is 1.80. The molecular formula is C23H25ClN4O3S2. The molecular weight excluding hydrogens is 480 g/mol. The molecule has 0 aliphatic rings. The van der Waals surface area contributed by atoms with E-state index in [2.05, 4.69) is 22.1 Å². The van der Waals surface area contributed by atoms with Gasteiger partial charge in [-0.25, -0.2) is 8.42 Å². The highest BCUT2D eigenvalue weighted by Crippen LogP contribution is 2.28. The molecule has 0 fully saturated rings. The number of sulfone groups is 1. The van der Waals surface area contributed by atoms with E-state index in [4.69, 9.17) is 11.6 Å². The van der Waals surface area contributed by atoms with Gasteiger partial charge in [0.05, 0.1) is 10.1 Å². The van der Waals surface area contributed by atoms with Crippen LogP contribution < -0.4 is 5.32 Å². The fourth-order valence-corrected chi connectivity index (χ4v) is 5.50. The van der Waals surface area contributed by atoms with Crippen molar-refractivity contribution in [1.82, 2.24) is 14.8 Å². The smallest absolute Gasteiger partial charge is 0.237 e. The van der Waals surface area contributed by atoms with Crippen LogP contribution >= 0.6 is 23.4 Å². The number of benzene rings is 2. The van der Waals surface area contributed by atoms with E-state index in [1.54, 1.807) is 53.1 Å². The van der Waals surface area contributed by atoms with Gasteiger partial charge in [0.2, 0.25) is 5.91 Å². The van der Waals surface area contributed by atoms with E-state index in [1.165, 1.54) is 11.8 Å². The maximum Gasteiger partial charge on any atom is 0.237 e. The topological polar surface area (TPSA) is 93.9 Å². The lowest BCUT2D eigenvalue weighted by Gasteiger charge is -2.15. The summed E-state index contributed by atoms with van der Waals surface area (Å²) in [5.74, 6) is -0.209. The van der Waals surface area contributed by atoms with Crippen molar-refractivity contribution < 1.29 is 13.2 Å². The number of halogens is 1. The van der Waals surface area contributed by atoms with E-state index in [9.17, 15) is 13.2 Å². The van der Waals surface area contributed by atoms with Gasteiger partial charge in [0.15, 0.2) is 15.0 Å². The zero-order chi connectivity index (χ0) is 24.0. The summed E-state index contributed by atoms with van der Waals surface area (Å²) in [7, 11) is -3.60. The molecule has 0 saturated carbocycles. The molecule has 3 rings (SSSR count). The first-order valence-corrected chi connectivity index (χ1v) is 13.2. The zero-order valence-corrected chi connectivity index (χ0v) is 20.8. The summed E-state index contributed by atoms with van der Waals surface area (Å²) in [6, 6.07) is 13.5. The number of nitrogens with one attached hydrogen (secondary N) is 1. The van der Waals surface area contributed by atoms with Crippen molar-refractivity contribution in [1.29, 1.82) is 0 Å². The summed E-state index contributed by atoms with van der Waals surface area (Å²) in [6.45, 7) is 7.86. The van der Waals surface area contributed by atoms with Crippen LogP contribution in [0.5, 0.6) is 0 Å². The van der Waals surface area contributed by atoms with Gasteiger partial charge in [0, 0.05) is 17.3 Å². The van der Waals surface area contributed by atoms with Gasteiger partial charge in [-0.1, -0.05) is 60.6 Å². The number of aryl methyl sites for hydroxylation is 1. The van der Waals surface area contributed by atoms with Crippen LogP contribution in [-0.4, -0.2) is 34.3 Å². The third kappa shape index (κ3) is 6.25. The molecule has 174 valence electrons. The minimum atomic E-state index is -3.60. The predicted octanol–water partition coefficient (Wildman–Crippen LogP) is 4.91. The molecule has 1 heterocycles. The Labute approximate surface area is 203 Å². The third-order valence-electron chi connectivity index (χ3n) is 4.88. The lowest BCUT2D eigenvalue weighted by atomic mass is 10.2. The Hall–Kier alpha value is -2.62. The lowest BCUT2D eigenvalue weighted by Crippen LogP contribution is -2.25. The maximum atomic E-state index is 12.9. The summed E-state index contributed by atoms with van der Waals surface area (Å²) in [6.07, 6.45) is 2.18. The molecule has 0 radical (unpaired) electrons. The molecule has 1 amide bonds. The number of nitrogens with zero attached hydrogens (tertiary/aromatic N) is 3. The number of hydrogen-bond acceptors (Lipinski definition) is 6. The van der Waals surface area contributed by atoms with Gasteiger partial charge in [-0.3, -0.25) is 4.79 Å². The van der Waals surface area contributed by atoms with E-state index in [1.807, 2.05) is 19.9 Å². The highest BCUT2D eigenvalue weighted by atomic mass is 35.5. The van der Waals surface area contributed by atoms with Gasteiger partial charge < -0.3 is 9.88 Å². The van der Waals surface area contributed by atoms with Crippen LogP contribution in [0.25, 0.3) is 0 Å². The van der Waals surface area contributed by atoms with Crippen LogP contribution in [0, 0.1) is 6.92 Å². The summed E-state index contributed by atoms with van der Waals surface area (Å²) in [5.41, 5.74) is 1.53. The molecule has 33 heavy (non-hydrogen) atoms. The minimum Gasteiger partial charge on any atom is -0.325 e. The minimum absolute atomic E-state index is 0.200. The Kier molecular flexibility index (Phi) is 8.34. The second kappa shape index (κ2) is 11.0. The van der Waals surface area contributed by atoms with Crippen molar-refractivity contribution >= 4 is 44.8 Å². The molecule has 3 aromatic rings. The van der Waals surface area contributed by atoms with Gasteiger partial charge in [0.25, 0.3) is 0 Å². The highest BCUT2D eigenvalue weighted by Gasteiger charge is 2.25. The van der Waals surface area contributed by atoms with Crippen molar-refractivity contribution in [2.75, 3.05) is 5.32 Å². The van der Waals surface area contributed by atoms with Crippen molar-refractivity contribution in [3.05, 3.63) is 77.6 Å². The van der Waals surface area contributed by atoms with Crippen molar-refractivity contribution in [3.63, 3.8) is 0 Å². The van der Waals surface area contributed by atoms with Crippen molar-refractivity contribution in [2.45, 2.75) is 47.9 Å². The second-order valence-electron chi connectivity index (χ2n) is 7.34. The van der Waals surface area contributed by atoms with Gasteiger partial charge in [-0.05, 0) is 43.2 Å². The fraction of sp³-hybridized carbons (Fsp3) is 0.261. The molecule has 0 aliphatic heterocycles. The maximum absolute atomic E-state index is 12.9. The van der Waals surface area contributed by atoms with E-state index in [0.29, 0.717) is 34.7 Å². The first kappa shape index (κ1) is 25.0. The van der Waals surface area contributed by atoms with Crippen LogP contribution in [-0.2, 0) is 26.9 Å². The van der Waals surface area contributed by atoms with Gasteiger partial charge in [0.1, 0.15) is 11.6 Å². The fourth-order valence-electron chi connectivity index (χ4n) is 3.05. The molecule has 1 atom stereocenters. The number of amides is 1. The Bertz CT molecular complexity index is 1240. The first-order valence-electron chi connectivity index (χ1n) is 10.3. The Morgan fingerprint density at radius 2 is 1.97 bits per heavy atom. The zero-order valence-electron chi connectivity index (χ0n) is 18.4. The number of rotatable bonds is 10. The predicted molar refractivity (Wildman–Crippen MR) is 132 cm³/mol. The number of carbonyl (C=O) groups excluding carboxylic acids is 1. The molecule has 1 N–H and O–H groups in total. The molecule has 0 aliphatic carbocycles. The Morgan fingerprint density at radius 1 is 1.24 bits per heavy atom. The number of allylic oxidation sites excluding steroid dienone is 1. The van der Waals surface area contributed by atoms with Crippen LogP contribution in [0.1, 0.15) is 24.7 Å². The quantitative estimate of drug-likeness (QED) is 0.311. The third-order valence-corrected chi connectivity index (χ3v) is 8.26. The summed E-state index contributed by atoms with van der Waals surface area (Å²) in [5, 5.41) is 11.7. The largest absolute Gasteiger partial charge is 0.325 e. The lowest BCUT2D eigenvalue weighted by molar-refractivity contribution is -0.115.